The van der Waals surface area contributed by atoms with Gasteiger partial charge in [-0.3, -0.25) is 4.79 Å². The zero-order chi connectivity index (χ0) is 11.3. The van der Waals surface area contributed by atoms with Gasteiger partial charge in [0.05, 0.1) is 5.56 Å². The summed E-state index contributed by atoms with van der Waals surface area (Å²) >= 11 is 0. The normalized spacial score (nSPS) is 8.29. The van der Waals surface area contributed by atoms with Crippen molar-refractivity contribution in [2.75, 3.05) is 6.61 Å². The topological polar surface area (TPSA) is 112 Å². The van der Waals surface area contributed by atoms with Gasteiger partial charge in [0.25, 0.3) is 5.78 Å². The van der Waals surface area contributed by atoms with E-state index in [2.05, 4.69) is 4.74 Å². The van der Waals surface area contributed by atoms with Crippen LogP contribution in [0.25, 0.3) is 0 Å². The summed E-state index contributed by atoms with van der Waals surface area (Å²) in [5.74, 6) is -3.42. The van der Waals surface area contributed by atoms with Crippen LogP contribution in [0, 0.1) is 0 Å². The number of carbonyl (C=O) groups excluding carboxylic acids is 3. The van der Waals surface area contributed by atoms with Crippen LogP contribution >= 0.6 is 0 Å². The van der Waals surface area contributed by atoms with E-state index in [0.717, 1.165) is 0 Å². The maximum atomic E-state index is 11.2. The quantitative estimate of drug-likeness (QED) is 0.294. The molecule has 0 radical (unpaired) electrons. The summed E-state index contributed by atoms with van der Waals surface area (Å²) in [5, 5.41) is 8.33. The second-order valence-corrected chi connectivity index (χ2v) is 2.62. The van der Waals surface area contributed by atoms with Crippen LogP contribution in [0.2, 0.25) is 0 Å². The minimum absolute atomic E-state index is 0. The van der Waals surface area contributed by atoms with E-state index < -0.39 is 24.3 Å². The Kier molecular flexibility index (Phi) is 9.14. The SMILES string of the molecule is O.O=C(CO)C(=O)OC(=O)c1ccccc1.[LiH]. The van der Waals surface area contributed by atoms with Crippen molar-refractivity contribution in [2.45, 2.75) is 0 Å². The number of rotatable bonds is 3. The van der Waals surface area contributed by atoms with Crippen molar-refractivity contribution in [3.8, 4) is 0 Å². The third-order valence-corrected chi connectivity index (χ3v) is 1.57. The molecule has 0 aliphatic rings. The fourth-order valence-electron chi connectivity index (χ4n) is 0.839. The van der Waals surface area contributed by atoms with Crippen molar-refractivity contribution in [3.63, 3.8) is 0 Å². The number of carbonyl (C=O) groups is 3. The summed E-state index contributed by atoms with van der Waals surface area (Å²) in [6, 6.07) is 7.76. The number of Topliss-reactive ketones (excluding diaryl/α,β-unsaturated/α-hetero) is 1. The van der Waals surface area contributed by atoms with E-state index in [-0.39, 0.29) is 29.9 Å². The first-order valence-electron chi connectivity index (χ1n) is 4.10. The van der Waals surface area contributed by atoms with E-state index >= 15 is 0 Å². The Labute approximate surface area is 109 Å². The molecule has 0 aliphatic carbocycles. The van der Waals surface area contributed by atoms with Gasteiger partial charge in [0.15, 0.2) is 0 Å². The van der Waals surface area contributed by atoms with Crippen molar-refractivity contribution in [2.24, 2.45) is 0 Å². The van der Waals surface area contributed by atoms with Gasteiger partial charge in [-0.1, -0.05) is 18.2 Å². The van der Waals surface area contributed by atoms with Crippen molar-refractivity contribution < 1.29 is 29.7 Å². The molecular formula is C10H11LiO6. The average molecular weight is 234 g/mol. The van der Waals surface area contributed by atoms with Crippen LogP contribution in [0.1, 0.15) is 10.4 Å². The Morgan fingerprint density at radius 2 is 1.65 bits per heavy atom. The van der Waals surface area contributed by atoms with E-state index in [0.29, 0.717) is 0 Å². The van der Waals surface area contributed by atoms with E-state index in [1.165, 1.54) is 12.1 Å². The Bertz CT molecular complexity index is 389. The summed E-state index contributed by atoms with van der Waals surface area (Å²) in [7, 11) is 0. The Morgan fingerprint density at radius 1 is 1.12 bits per heavy atom. The number of hydrogen-bond donors (Lipinski definition) is 1. The minimum atomic E-state index is -1.36. The maximum absolute atomic E-state index is 11.2. The number of aliphatic hydroxyl groups is 1. The molecule has 0 saturated heterocycles. The van der Waals surface area contributed by atoms with Gasteiger partial charge in [-0.05, 0) is 12.1 Å². The molecule has 0 atom stereocenters. The van der Waals surface area contributed by atoms with Crippen LogP contribution in [0.4, 0.5) is 0 Å². The molecule has 3 N–H and O–H groups in total. The summed E-state index contributed by atoms with van der Waals surface area (Å²) in [5.41, 5.74) is 0.164. The summed E-state index contributed by atoms with van der Waals surface area (Å²) in [6.45, 7) is -0.971. The van der Waals surface area contributed by atoms with Gasteiger partial charge in [-0.2, -0.15) is 0 Å². The van der Waals surface area contributed by atoms with Gasteiger partial charge in [0.1, 0.15) is 6.61 Å². The van der Waals surface area contributed by atoms with E-state index in [9.17, 15) is 14.4 Å². The van der Waals surface area contributed by atoms with Crippen molar-refractivity contribution in [1.29, 1.82) is 0 Å². The third-order valence-electron chi connectivity index (χ3n) is 1.57. The fourth-order valence-corrected chi connectivity index (χ4v) is 0.839. The van der Waals surface area contributed by atoms with Crippen LogP contribution in [0.3, 0.4) is 0 Å². The van der Waals surface area contributed by atoms with Crippen LogP contribution < -0.4 is 0 Å². The molecule has 0 bridgehead atoms. The fraction of sp³-hybridized carbons (Fsp3) is 0.100. The first-order valence-corrected chi connectivity index (χ1v) is 4.10. The molecule has 17 heavy (non-hydrogen) atoms. The second kappa shape index (κ2) is 8.67. The van der Waals surface area contributed by atoms with Gasteiger partial charge in [0, 0.05) is 0 Å². The molecule has 0 saturated carbocycles. The van der Waals surface area contributed by atoms with Crippen molar-refractivity contribution >= 4 is 36.6 Å². The third kappa shape index (κ3) is 5.42. The van der Waals surface area contributed by atoms with E-state index in [1.807, 2.05) is 0 Å². The Morgan fingerprint density at radius 3 is 2.12 bits per heavy atom. The molecule has 0 amide bonds. The van der Waals surface area contributed by atoms with Gasteiger partial charge in [-0.15, -0.1) is 0 Å². The van der Waals surface area contributed by atoms with E-state index in [1.54, 1.807) is 18.2 Å². The summed E-state index contributed by atoms with van der Waals surface area (Å²) in [4.78, 5) is 32.6. The Hall–Kier alpha value is -1.45. The van der Waals surface area contributed by atoms with Gasteiger partial charge >= 0.3 is 30.8 Å². The molecule has 88 valence electrons. The molecule has 0 fully saturated rings. The monoisotopic (exact) mass is 234 g/mol. The number of esters is 2. The standard InChI is InChI=1S/C10H8O5.Li.H2O.H/c11-6-8(12)10(14)15-9(13)7-4-2-1-3-5-7;;;/h1-5,11H,6H2;;1H2;. The number of hydrogen-bond acceptors (Lipinski definition) is 5. The van der Waals surface area contributed by atoms with Crippen molar-refractivity contribution in [1.82, 2.24) is 0 Å². The number of ketones is 1. The molecule has 0 aromatic heterocycles. The molecule has 1 aromatic carbocycles. The number of aliphatic hydroxyl groups excluding tert-OH is 1. The average Bonchev–Trinajstić information content (AvgIpc) is 2.29. The molecule has 1 aromatic rings. The molecular weight excluding hydrogens is 223 g/mol. The number of ether oxygens (including phenoxy) is 1. The second-order valence-electron chi connectivity index (χ2n) is 2.62. The molecule has 0 unspecified atom stereocenters. The summed E-state index contributed by atoms with van der Waals surface area (Å²) < 4.78 is 4.20. The molecule has 6 nitrogen and oxygen atoms in total. The van der Waals surface area contributed by atoms with Crippen LogP contribution in [-0.4, -0.2) is 53.8 Å². The number of benzene rings is 1. The van der Waals surface area contributed by atoms with E-state index in [4.69, 9.17) is 5.11 Å². The Balaban J connectivity index is 0. The van der Waals surface area contributed by atoms with Gasteiger partial charge < -0.3 is 15.3 Å². The molecule has 7 heteroatoms. The van der Waals surface area contributed by atoms with Crippen LogP contribution in [0.5, 0.6) is 0 Å². The van der Waals surface area contributed by atoms with Gasteiger partial charge in [-0.25, -0.2) is 9.59 Å². The zero-order valence-electron chi connectivity index (χ0n) is 8.17. The first kappa shape index (κ1) is 17.9. The predicted molar refractivity (Wildman–Crippen MR) is 59.7 cm³/mol. The molecule has 0 aliphatic heterocycles. The van der Waals surface area contributed by atoms with Crippen molar-refractivity contribution in [3.05, 3.63) is 35.9 Å². The molecule has 1 rings (SSSR count). The first-order chi connectivity index (χ1) is 7.15. The zero-order valence-corrected chi connectivity index (χ0v) is 8.17. The molecule has 0 heterocycles. The van der Waals surface area contributed by atoms with Crippen LogP contribution in [-0.2, 0) is 14.3 Å². The molecule has 0 spiro atoms. The summed E-state index contributed by atoms with van der Waals surface area (Å²) in [6.07, 6.45) is 0. The predicted octanol–water partition coefficient (Wildman–Crippen LogP) is -1.54. The van der Waals surface area contributed by atoms with Gasteiger partial charge in [0.2, 0.25) is 0 Å². The van der Waals surface area contributed by atoms with Crippen LogP contribution in [0.15, 0.2) is 30.3 Å².